The number of imidazole rings is 1. The van der Waals surface area contributed by atoms with Crippen molar-refractivity contribution in [3.63, 3.8) is 0 Å². The van der Waals surface area contributed by atoms with Crippen molar-refractivity contribution in [2.24, 2.45) is 0 Å². The molecule has 4 rings (SSSR count). The number of carbonyl (C=O) groups excluding carboxylic acids is 1. The first kappa shape index (κ1) is 22.2. The molecule has 0 aliphatic rings. The fraction of sp³-hybridized carbons (Fsp3) is 0.167. The molecule has 0 fully saturated rings. The van der Waals surface area contributed by atoms with E-state index in [0.29, 0.717) is 17.1 Å². The Morgan fingerprint density at radius 1 is 1.00 bits per heavy atom. The van der Waals surface area contributed by atoms with E-state index >= 15 is 0 Å². The van der Waals surface area contributed by atoms with Crippen LogP contribution < -0.4 is 14.8 Å². The Morgan fingerprint density at radius 3 is 2.39 bits per heavy atom. The fourth-order valence-corrected chi connectivity index (χ4v) is 3.43. The lowest BCUT2D eigenvalue weighted by Gasteiger charge is -2.20. The molecule has 6 nitrogen and oxygen atoms in total. The predicted molar refractivity (Wildman–Crippen MR) is 116 cm³/mol. The number of carbonyl (C=O) groups is 1. The summed E-state index contributed by atoms with van der Waals surface area (Å²) in [4.78, 5) is 18.6. The van der Waals surface area contributed by atoms with Crippen molar-refractivity contribution in [3.8, 4) is 11.5 Å². The number of hydrogen-bond acceptors (Lipinski definition) is 4. The molecule has 0 saturated carbocycles. The summed E-state index contributed by atoms with van der Waals surface area (Å²) in [6, 6.07) is 20.1. The second kappa shape index (κ2) is 9.23. The van der Waals surface area contributed by atoms with Gasteiger partial charge in [0.25, 0.3) is 5.91 Å². The molecule has 170 valence electrons. The Bertz CT molecular complexity index is 1260. The van der Waals surface area contributed by atoms with Crippen molar-refractivity contribution in [1.29, 1.82) is 0 Å². The van der Waals surface area contributed by atoms with E-state index in [0.717, 1.165) is 5.56 Å². The Balaban J connectivity index is 1.59. The first-order valence-corrected chi connectivity index (χ1v) is 10.0. The highest BCUT2D eigenvalue weighted by molar-refractivity contribution is 5.80. The summed E-state index contributed by atoms with van der Waals surface area (Å²) in [5.41, 5.74) is 1.76. The number of nitrogens with zero attached hydrogens (tertiary/aromatic N) is 1. The molecule has 1 heterocycles. The van der Waals surface area contributed by atoms with E-state index in [-0.39, 0.29) is 17.6 Å². The van der Waals surface area contributed by atoms with Crippen LogP contribution in [0, 0.1) is 0 Å². The smallest absolute Gasteiger partial charge is 0.449 e. The van der Waals surface area contributed by atoms with Crippen LogP contribution in [0.15, 0.2) is 72.8 Å². The van der Waals surface area contributed by atoms with Crippen LogP contribution in [0.25, 0.3) is 11.0 Å². The van der Waals surface area contributed by atoms with Gasteiger partial charge in [-0.1, -0.05) is 48.5 Å². The molecule has 0 bridgehead atoms. The SMILES string of the molecule is COc1ccccc1OCC(=O)NC(c1ccccc1)c1ccc2nc(C(F)(F)F)[nH]c2c1. The zero-order valence-corrected chi connectivity index (χ0v) is 17.5. The summed E-state index contributed by atoms with van der Waals surface area (Å²) in [6.07, 6.45) is -4.58. The maximum atomic E-state index is 13.0. The number of aromatic nitrogens is 2. The number of para-hydroxylation sites is 2. The monoisotopic (exact) mass is 455 g/mol. The van der Waals surface area contributed by atoms with Crippen molar-refractivity contribution in [1.82, 2.24) is 15.3 Å². The number of nitrogens with one attached hydrogen (secondary N) is 2. The van der Waals surface area contributed by atoms with E-state index in [1.165, 1.54) is 13.2 Å². The molecule has 9 heteroatoms. The summed E-state index contributed by atoms with van der Waals surface area (Å²) >= 11 is 0. The van der Waals surface area contributed by atoms with Gasteiger partial charge in [-0.2, -0.15) is 13.2 Å². The molecule has 1 amide bonds. The largest absolute Gasteiger partial charge is 0.493 e. The van der Waals surface area contributed by atoms with Crippen LogP contribution in [0.2, 0.25) is 0 Å². The molecule has 1 atom stereocenters. The number of hydrogen-bond donors (Lipinski definition) is 2. The van der Waals surface area contributed by atoms with Crippen molar-refractivity contribution < 1.29 is 27.4 Å². The summed E-state index contributed by atoms with van der Waals surface area (Å²) in [5, 5.41) is 2.90. The molecule has 1 unspecified atom stereocenters. The minimum absolute atomic E-state index is 0.184. The third-order valence-corrected chi connectivity index (χ3v) is 4.97. The number of benzene rings is 3. The van der Waals surface area contributed by atoms with E-state index in [1.807, 2.05) is 30.3 Å². The second-order valence-electron chi connectivity index (χ2n) is 7.21. The molecule has 0 radical (unpaired) electrons. The van der Waals surface area contributed by atoms with Crippen LogP contribution in [0.4, 0.5) is 13.2 Å². The van der Waals surface area contributed by atoms with E-state index in [1.54, 1.807) is 36.4 Å². The van der Waals surface area contributed by atoms with Gasteiger partial charge in [0.15, 0.2) is 18.1 Å². The number of methoxy groups -OCH3 is 1. The summed E-state index contributed by atoms with van der Waals surface area (Å²) in [7, 11) is 1.50. The van der Waals surface area contributed by atoms with E-state index in [2.05, 4.69) is 15.3 Å². The Hall–Kier alpha value is -4.01. The molecular formula is C24H20F3N3O3. The molecule has 3 aromatic carbocycles. The van der Waals surface area contributed by atoms with Crippen LogP contribution in [-0.2, 0) is 11.0 Å². The van der Waals surface area contributed by atoms with Gasteiger partial charge >= 0.3 is 6.18 Å². The first-order valence-electron chi connectivity index (χ1n) is 10.0. The highest BCUT2D eigenvalue weighted by Gasteiger charge is 2.34. The Kier molecular flexibility index (Phi) is 6.21. The van der Waals surface area contributed by atoms with Crippen LogP contribution in [0.1, 0.15) is 23.0 Å². The molecule has 0 aliphatic heterocycles. The number of alkyl halides is 3. The van der Waals surface area contributed by atoms with Crippen LogP contribution in [0.3, 0.4) is 0 Å². The summed E-state index contributed by atoms with van der Waals surface area (Å²) < 4.78 is 49.9. The molecule has 0 spiro atoms. The van der Waals surface area contributed by atoms with Gasteiger partial charge in [-0.15, -0.1) is 0 Å². The summed E-state index contributed by atoms with van der Waals surface area (Å²) in [5.74, 6) is -0.560. The number of amides is 1. The quantitative estimate of drug-likeness (QED) is 0.417. The number of fused-ring (bicyclic) bond motifs is 1. The first-order chi connectivity index (χ1) is 15.8. The molecule has 0 aliphatic carbocycles. The number of H-pyrrole nitrogens is 1. The number of rotatable bonds is 7. The van der Waals surface area contributed by atoms with E-state index in [9.17, 15) is 18.0 Å². The maximum absolute atomic E-state index is 13.0. The highest BCUT2D eigenvalue weighted by Crippen LogP contribution is 2.31. The fourth-order valence-electron chi connectivity index (χ4n) is 3.43. The van der Waals surface area contributed by atoms with Crippen LogP contribution in [-0.4, -0.2) is 29.6 Å². The van der Waals surface area contributed by atoms with E-state index < -0.39 is 23.9 Å². The number of aromatic amines is 1. The van der Waals surface area contributed by atoms with Crippen molar-refractivity contribution in [2.75, 3.05) is 13.7 Å². The van der Waals surface area contributed by atoms with Gasteiger partial charge in [0.05, 0.1) is 24.2 Å². The van der Waals surface area contributed by atoms with Gasteiger partial charge in [0.1, 0.15) is 0 Å². The lowest BCUT2D eigenvalue weighted by atomic mass is 9.98. The predicted octanol–water partition coefficient (Wildman–Crippen LogP) is 4.87. The van der Waals surface area contributed by atoms with Gasteiger partial charge in [0.2, 0.25) is 5.82 Å². The molecular weight excluding hydrogens is 435 g/mol. The number of halogens is 3. The Labute approximate surface area is 187 Å². The molecule has 4 aromatic rings. The van der Waals surface area contributed by atoms with Gasteiger partial charge < -0.3 is 19.8 Å². The van der Waals surface area contributed by atoms with Crippen molar-refractivity contribution in [2.45, 2.75) is 12.2 Å². The zero-order chi connectivity index (χ0) is 23.4. The molecule has 1 aromatic heterocycles. The molecule has 33 heavy (non-hydrogen) atoms. The highest BCUT2D eigenvalue weighted by atomic mass is 19.4. The lowest BCUT2D eigenvalue weighted by molar-refractivity contribution is -0.144. The Morgan fingerprint density at radius 2 is 1.70 bits per heavy atom. The normalized spacial score (nSPS) is 12.4. The average Bonchev–Trinajstić information content (AvgIpc) is 3.26. The second-order valence-corrected chi connectivity index (χ2v) is 7.21. The van der Waals surface area contributed by atoms with Crippen molar-refractivity contribution in [3.05, 3.63) is 89.7 Å². The standard InChI is InChI=1S/C24H20F3N3O3/c1-32-19-9-5-6-10-20(19)33-14-21(31)30-22(15-7-3-2-4-8-15)16-11-12-17-18(13-16)29-23(28-17)24(25,26)27/h2-13,22H,14H2,1H3,(H,28,29)(H,30,31). The topological polar surface area (TPSA) is 76.2 Å². The third kappa shape index (κ3) is 5.08. The minimum Gasteiger partial charge on any atom is -0.493 e. The maximum Gasteiger partial charge on any atom is 0.449 e. The number of ether oxygens (including phenoxy) is 2. The average molecular weight is 455 g/mol. The third-order valence-electron chi connectivity index (χ3n) is 4.97. The zero-order valence-electron chi connectivity index (χ0n) is 17.5. The van der Waals surface area contributed by atoms with Crippen LogP contribution >= 0.6 is 0 Å². The van der Waals surface area contributed by atoms with Crippen molar-refractivity contribution >= 4 is 16.9 Å². The summed E-state index contributed by atoms with van der Waals surface area (Å²) in [6.45, 7) is -0.270. The van der Waals surface area contributed by atoms with Gasteiger partial charge in [-0.05, 0) is 35.4 Å². The van der Waals surface area contributed by atoms with Gasteiger partial charge in [-0.25, -0.2) is 4.98 Å². The molecule has 0 saturated heterocycles. The van der Waals surface area contributed by atoms with Gasteiger partial charge in [0, 0.05) is 0 Å². The molecule has 2 N–H and O–H groups in total. The van der Waals surface area contributed by atoms with Crippen LogP contribution in [0.5, 0.6) is 11.5 Å². The van der Waals surface area contributed by atoms with Gasteiger partial charge in [-0.3, -0.25) is 4.79 Å². The lowest BCUT2D eigenvalue weighted by Crippen LogP contribution is -2.33. The van der Waals surface area contributed by atoms with E-state index in [4.69, 9.17) is 9.47 Å². The minimum atomic E-state index is -4.58.